The summed E-state index contributed by atoms with van der Waals surface area (Å²) in [4.78, 5) is 12.7. The van der Waals surface area contributed by atoms with Crippen LogP contribution < -0.4 is 10.1 Å². The Morgan fingerprint density at radius 2 is 2.17 bits per heavy atom. The lowest BCUT2D eigenvalue weighted by Gasteiger charge is -2.40. The van der Waals surface area contributed by atoms with Crippen LogP contribution in [-0.4, -0.2) is 25.0 Å². The largest absolute Gasteiger partial charge is 0.497 e. The number of methoxy groups -OCH3 is 1. The third kappa shape index (κ3) is 1.74. The number of fused-ring (bicyclic) bond motifs is 1. The van der Waals surface area contributed by atoms with Crippen LogP contribution in [0, 0.1) is 0 Å². The minimum absolute atomic E-state index is 0.278. The number of Topliss-reactive ketones (excluding diaryl/α,β-unsaturated/α-hetero) is 1. The Bertz CT molecular complexity index is 475. The van der Waals surface area contributed by atoms with Gasteiger partial charge in [-0.15, -0.1) is 0 Å². The van der Waals surface area contributed by atoms with Crippen molar-refractivity contribution < 1.29 is 9.53 Å². The third-order valence-electron chi connectivity index (χ3n) is 4.31. The van der Waals surface area contributed by atoms with Crippen molar-refractivity contribution in [2.24, 2.45) is 0 Å². The number of carbonyl (C=O) groups is 1. The van der Waals surface area contributed by atoms with Gasteiger partial charge in [0.05, 0.1) is 12.6 Å². The minimum Gasteiger partial charge on any atom is -0.497 e. The Hall–Kier alpha value is -1.35. The predicted molar refractivity (Wildman–Crippen MR) is 70.2 cm³/mol. The van der Waals surface area contributed by atoms with Crippen LogP contribution in [0.3, 0.4) is 0 Å². The van der Waals surface area contributed by atoms with E-state index in [-0.39, 0.29) is 11.3 Å². The number of piperidine rings is 1. The number of rotatable bonds is 1. The Morgan fingerprint density at radius 1 is 1.28 bits per heavy atom. The zero-order valence-electron chi connectivity index (χ0n) is 10.8. The van der Waals surface area contributed by atoms with E-state index in [1.807, 2.05) is 18.2 Å². The first-order valence-electron chi connectivity index (χ1n) is 6.72. The molecule has 0 amide bonds. The van der Waals surface area contributed by atoms with E-state index in [1.165, 1.54) is 6.42 Å². The summed E-state index contributed by atoms with van der Waals surface area (Å²) in [7, 11) is 1.66. The van der Waals surface area contributed by atoms with Gasteiger partial charge in [-0.25, -0.2) is 0 Å². The number of nitrogens with one attached hydrogen (secondary N) is 1. The fourth-order valence-electron chi connectivity index (χ4n) is 3.22. The summed E-state index contributed by atoms with van der Waals surface area (Å²) in [5.41, 5.74) is 1.74. The average Bonchev–Trinajstić information content (AvgIpc) is 2.44. The molecule has 1 heterocycles. The molecule has 3 nitrogen and oxygen atoms in total. The molecule has 96 valence electrons. The maximum atomic E-state index is 12.7. The second kappa shape index (κ2) is 4.39. The fourth-order valence-corrected chi connectivity index (χ4v) is 3.22. The zero-order valence-corrected chi connectivity index (χ0v) is 10.8. The lowest BCUT2D eigenvalue weighted by molar-refractivity contribution is 0.0782. The Labute approximate surface area is 108 Å². The summed E-state index contributed by atoms with van der Waals surface area (Å²) in [6.07, 6.45) is 5.21. The first kappa shape index (κ1) is 11.7. The molecule has 1 saturated heterocycles. The quantitative estimate of drug-likeness (QED) is 0.825. The summed E-state index contributed by atoms with van der Waals surface area (Å²) in [5.74, 6) is 1.13. The number of benzene rings is 1. The molecule has 1 aliphatic carbocycles. The van der Waals surface area contributed by atoms with Gasteiger partial charge in [-0.3, -0.25) is 4.79 Å². The Morgan fingerprint density at radius 3 is 2.89 bits per heavy atom. The molecule has 1 unspecified atom stereocenters. The van der Waals surface area contributed by atoms with Crippen molar-refractivity contribution in [2.75, 3.05) is 13.7 Å². The number of ether oxygens (including phenoxy) is 1. The van der Waals surface area contributed by atoms with Crippen LogP contribution in [-0.2, 0) is 6.42 Å². The molecule has 0 saturated carbocycles. The highest BCUT2D eigenvalue weighted by atomic mass is 16.5. The predicted octanol–water partition coefficient (Wildman–Crippen LogP) is 2.34. The molecule has 3 heteroatoms. The van der Waals surface area contributed by atoms with Gasteiger partial charge in [-0.05, 0) is 62.4 Å². The van der Waals surface area contributed by atoms with E-state index in [0.717, 1.165) is 49.1 Å². The first-order valence-corrected chi connectivity index (χ1v) is 6.72. The van der Waals surface area contributed by atoms with Gasteiger partial charge >= 0.3 is 0 Å². The molecule has 18 heavy (non-hydrogen) atoms. The van der Waals surface area contributed by atoms with Gasteiger partial charge in [0, 0.05) is 5.56 Å². The van der Waals surface area contributed by atoms with Gasteiger partial charge in [0.1, 0.15) is 5.75 Å². The molecule has 1 atom stereocenters. The van der Waals surface area contributed by atoms with E-state index in [2.05, 4.69) is 5.32 Å². The van der Waals surface area contributed by atoms with Crippen molar-refractivity contribution in [2.45, 2.75) is 37.6 Å². The monoisotopic (exact) mass is 245 g/mol. The standard InChI is InChI=1S/C15H19NO2/c1-18-12-4-5-13-11(10-12)6-8-15(14(13)17)7-2-3-9-16-15/h4-5,10,16H,2-3,6-9H2,1H3. The number of aryl methyl sites for hydroxylation is 1. The molecule has 1 aromatic carbocycles. The van der Waals surface area contributed by atoms with E-state index < -0.39 is 0 Å². The smallest absolute Gasteiger partial charge is 0.183 e. The summed E-state index contributed by atoms with van der Waals surface area (Å²) in [6.45, 7) is 0.969. The minimum atomic E-state index is -0.278. The van der Waals surface area contributed by atoms with Crippen molar-refractivity contribution in [3.05, 3.63) is 29.3 Å². The molecule has 1 aromatic rings. The molecular weight excluding hydrogens is 226 g/mol. The molecule has 3 rings (SSSR count). The van der Waals surface area contributed by atoms with E-state index in [4.69, 9.17) is 4.74 Å². The van der Waals surface area contributed by atoms with Gasteiger partial charge in [-0.2, -0.15) is 0 Å². The summed E-state index contributed by atoms with van der Waals surface area (Å²) in [5, 5.41) is 3.47. The lowest BCUT2D eigenvalue weighted by atomic mass is 9.72. The highest BCUT2D eigenvalue weighted by Gasteiger charge is 2.42. The van der Waals surface area contributed by atoms with Crippen molar-refractivity contribution >= 4 is 5.78 Å². The van der Waals surface area contributed by atoms with Crippen LogP contribution >= 0.6 is 0 Å². The molecule has 0 bridgehead atoms. The number of hydrogen-bond donors (Lipinski definition) is 1. The molecule has 0 radical (unpaired) electrons. The van der Waals surface area contributed by atoms with Gasteiger partial charge in [0.15, 0.2) is 5.78 Å². The van der Waals surface area contributed by atoms with E-state index in [1.54, 1.807) is 7.11 Å². The summed E-state index contributed by atoms with van der Waals surface area (Å²) >= 11 is 0. The molecule has 1 spiro atoms. The van der Waals surface area contributed by atoms with Crippen molar-refractivity contribution in [3.63, 3.8) is 0 Å². The molecule has 1 aliphatic heterocycles. The molecule has 2 aliphatic rings. The van der Waals surface area contributed by atoms with E-state index in [0.29, 0.717) is 0 Å². The molecule has 1 N–H and O–H groups in total. The van der Waals surface area contributed by atoms with Gasteiger partial charge in [-0.1, -0.05) is 0 Å². The molecule has 1 fully saturated rings. The molecule has 0 aromatic heterocycles. The SMILES string of the molecule is COc1ccc2c(c1)CCC1(CCCCN1)C2=O. The summed E-state index contributed by atoms with van der Waals surface area (Å²) in [6, 6.07) is 5.81. The average molecular weight is 245 g/mol. The summed E-state index contributed by atoms with van der Waals surface area (Å²) < 4.78 is 5.23. The normalized spacial score (nSPS) is 27.1. The second-order valence-electron chi connectivity index (χ2n) is 5.32. The van der Waals surface area contributed by atoms with Crippen LogP contribution in [0.5, 0.6) is 5.75 Å². The van der Waals surface area contributed by atoms with Crippen LogP contribution in [0.4, 0.5) is 0 Å². The van der Waals surface area contributed by atoms with Crippen LogP contribution in [0.2, 0.25) is 0 Å². The fraction of sp³-hybridized carbons (Fsp3) is 0.533. The first-order chi connectivity index (χ1) is 8.75. The number of hydrogen-bond acceptors (Lipinski definition) is 3. The highest BCUT2D eigenvalue weighted by molar-refractivity contribution is 6.05. The van der Waals surface area contributed by atoms with Crippen LogP contribution in [0.15, 0.2) is 18.2 Å². The number of ketones is 1. The second-order valence-corrected chi connectivity index (χ2v) is 5.32. The van der Waals surface area contributed by atoms with Gasteiger partial charge < -0.3 is 10.1 Å². The third-order valence-corrected chi connectivity index (χ3v) is 4.31. The zero-order chi connectivity index (χ0) is 12.6. The van der Waals surface area contributed by atoms with Gasteiger partial charge in [0.25, 0.3) is 0 Å². The Kier molecular flexibility index (Phi) is 2.86. The maximum Gasteiger partial charge on any atom is 0.183 e. The van der Waals surface area contributed by atoms with Gasteiger partial charge in [0.2, 0.25) is 0 Å². The van der Waals surface area contributed by atoms with E-state index >= 15 is 0 Å². The topological polar surface area (TPSA) is 38.3 Å². The highest BCUT2D eigenvalue weighted by Crippen LogP contribution is 2.35. The van der Waals surface area contributed by atoms with Crippen molar-refractivity contribution in [3.8, 4) is 5.75 Å². The van der Waals surface area contributed by atoms with Crippen LogP contribution in [0.25, 0.3) is 0 Å². The lowest BCUT2D eigenvalue weighted by Crippen LogP contribution is -2.56. The van der Waals surface area contributed by atoms with E-state index in [9.17, 15) is 4.79 Å². The van der Waals surface area contributed by atoms with Crippen molar-refractivity contribution in [1.29, 1.82) is 0 Å². The van der Waals surface area contributed by atoms with Crippen molar-refractivity contribution in [1.82, 2.24) is 5.32 Å². The Balaban J connectivity index is 1.96. The maximum absolute atomic E-state index is 12.7. The molecular formula is C15H19NO2. The van der Waals surface area contributed by atoms with Crippen LogP contribution in [0.1, 0.15) is 41.6 Å². The number of carbonyl (C=O) groups excluding carboxylic acids is 1.